The molecule has 2 N–H and O–H groups in total. The van der Waals surface area contributed by atoms with E-state index >= 15 is 0 Å². The number of methoxy groups -OCH3 is 2. The molecule has 37 heavy (non-hydrogen) atoms. The van der Waals surface area contributed by atoms with Crippen LogP contribution in [-0.4, -0.2) is 27.2 Å². The van der Waals surface area contributed by atoms with Gasteiger partial charge in [-0.05, 0) is 53.8 Å². The summed E-state index contributed by atoms with van der Waals surface area (Å²) in [6.07, 6.45) is -4.01. The first-order valence-corrected chi connectivity index (χ1v) is 11.5. The standard InChI is InChI=1S/C28H28F3N3O3/c1-33-26(35)25(20-7-5-4-6-8-20)34-27(18-32,22-13-14-23(36-2)24(17-22)37-3)16-15-19-9-11-21(12-10-19)28(29,30)31/h4-14,17,25,34H,15-16H2,1-3H3,(H,33,35). The highest BCUT2D eigenvalue weighted by Gasteiger charge is 2.38. The second-order valence-corrected chi connectivity index (χ2v) is 8.38. The molecule has 0 spiro atoms. The molecule has 3 rings (SSSR count). The number of nitrogens with one attached hydrogen (secondary N) is 2. The summed E-state index contributed by atoms with van der Waals surface area (Å²) < 4.78 is 49.8. The number of aryl methyl sites for hydroxylation is 1. The van der Waals surface area contributed by atoms with Crippen molar-refractivity contribution in [3.63, 3.8) is 0 Å². The topological polar surface area (TPSA) is 83.4 Å². The minimum atomic E-state index is -4.44. The van der Waals surface area contributed by atoms with Crippen LogP contribution in [0.5, 0.6) is 11.5 Å². The first-order valence-electron chi connectivity index (χ1n) is 11.5. The Hall–Kier alpha value is -4.03. The van der Waals surface area contributed by atoms with Crippen molar-refractivity contribution in [2.75, 3.05) is 21.3 Å². The molecule has 0 saturated carbocycles. The Morgan fingerprint density at radius 2 is 1.57 bits per heavy atom. The minimum absolute atomic E-state index is 0.157. The number of rotatable bonds is 10. The number of hydrogen-bond donors (Lipinski definition) is 2. The molecule has 0 aliphatic carbocycles. The van der Waals surface area contributed by atoms with E-state index in [1.165, 1.54) is 33.4 Å². The van der Waals surface area contributed by atoms with Crippen molar-refractivity contribution in [2.45, 2.75) is 30.6 Å². The molecule has 0 saturated heterocycles. The van der Waals surface area contributed by atoms with Crippen molar-refractivity contribution in [1.29, 1.82) is 5.26 Å². The lowest BCUT2D eigenvalue weighted by Gasteiger charge is -2.33. The van der Waals surface area contributed by atoms with Crippen LogP contribution in [0.1, 0.15) is 34.7 Å². The summed E-state index contributed by atoms with van der Waals surface area (Å²) in [5, 5.41) is 16.4. The number of hydrogen-bond acceptors (Lipinski definition) is 5. The zero-order chi connectivity index (χ0) is 27.1. The van der Waals surface area contributed by atoms with E-state index in [1.54, 1.807) is 42.5 Å². The molecule has 3 aromatic carbocycles. The van der Waals surface area contributed by atoms with Gasteiger partial charge < -0.3 is 14.8 Å². The Balaban J connectivity index is 2.05. The number of carbonyl (C=O) groups excluding carboxylic acids is 1. The molecule has 9 heteroatoms. The molecule has 0 aliphatic heterocycles. The molecule has 0 bridgehead atoms. The lowest BCUT2D eigenvalue weighted by atomic mass is 9.83. The number of nitriles is 1. The van der Waals surface area contributed by atoms with Crippen molar-refractivity contribution in [3.05, 3.63) is 95.1 Å². The maximum atomic E-state index is 13.0. The van der Waals surface area contributed by atoms with Gasteiger partial charge in [0.05, 0.1) is 25.9 Å². The predicted octanol–water partition coefficient (Wildman–Crippen LogP) is 5.15. The van der Waals surface area contributed by atoms with E-state index in [2.05, 4.69) is 16.7 Å². The molecule has 0 fully saturated rings. The summed E-state index contributed by atoms with van der Waals surface area (Å²) >= 11 is 0. The summed E-state index contributed by atoms with van der Waals surface area (Å²) in [5.41, 5.74) is -0.369. The fourth-order valence-corrected chi connectivity index (χ4v) is 4.08. The van der Waals surface area contributed by atoms with Crippen LogP contribution in [0.3, 0.4) is 0 Å². The fraction of sp³-hybridized carbons (Fsp3) is 0.286. The maximum Gasteiger partial charge on any atom is 0.416 e. The molecule has 2 atom stereocenters. The van der Waals surface area contributed by atoms with Crippen LogP contribution >= 0.6 is 0 Å². The molecule has 194 valence electrons. The van der Waals surface area contributed by atoms with Crippen molar-refractivity contribution < 1.29 is 27.4 Å². The van der Waals surface area contributed by atoms with Crippen molar-refractivity contribution in [3.8, 4) is 17.6 Å². The normalized spacial score (nSPS) is 13.6. The average molecular weight is 512 g/mol. The molecule has 0 heterocycles. The molecule has 0 radical (unpaired) electrons. The molecular formula is C28H28F3N3O3. The largest absolute Gasteiger partial charge is 0.493 e. The van der Waals surface area contributed by atoms with Crippen LogP contribution in [0.25, 0.3) is 0 Å². The molecule has 1 amide bonds. The van der Waals surface area contributed by atoms with E-state index < -0.39 is 23.3 Å². The van der Waals surface area contributed by atoms with E-state index in [4.69, 9.17) is 9.47 Å². The van der Waals surface area contributed by atoms with Gasteiger partial charge in [-0.15, -0.1) is 0 Å². The van der Waals surface area contributed by atoms with E-state index in [1.807, 2.05) is 6.07 Å². The zero-order valence-electron chi connectivity index (χ0n) is 20.7. The number of nitrogens with zero attached hydrogens (tertiary/aromatic N) is 1. The van der Waals surface area contributed by atoms with Crippen LogP contribution in [0.4, 0.5) is 13.2 Å². The molecular weight excluding hydrogens is 483 g/mol. The number of halogens is 3. The van der Waals surface area contributed by atoms with Gasteiger partial charge in [-0.3, -0.25) is 10.1 Å². The summed E-state index contributed by atoms with van der Waals surface area (Å²) in [5.74, 6) is 0.514. The summed E-state index contributed by atoms with van der Waals surface area (Å²) in [6.45, 7) is 0. The molecule has 6 nitrogen and oxygen atoms in total. The Bertz CT molecular complexity index is 1240. The second kappa shape index (κ2) is 11.8. The third-order valence-corrected chi connectivity index (χ3v) is 6.17. The summed E-state index contributed by atoms with van der Waals surface area (Å²) in [7, 11) is 4.48. The Morgan fingerprint density at radius 1 is 0.946 bits per heavy atom. The van der Waals surface area contributed by atoms with Crippen LogP contribution in [-0.2, 0) is 22.9 Å². The van der Waals surface area contributed by atoms with Gasteiger partial charge in [0.2, 0.25) is 5.91 Å². The van der Waals surface area contributed by atoms with E-state index in [-0.39, 0.29) is 18.7 Å². The minimum Gasteiger partial charge on any atom is -0.493 e. The quantitative estimate of drug-likeness (QED) is 0.393. The van der Waals surface area contributed by atoms with Crippen LogP contribution < -0.4 is 20.1 Å². The average Bonchev–Trinajstić information content (AvgIpc) is 2.93. The maximum absolute atomic E-state index is 13.0. The van der Waals surface area contributed by atoms with E-state index in [9.17, 15) is 23.2 Å². The lowest BCUT2D eigenvalue weighted by molar-refractivity contribution is -0.137. The number of carbonyl (C=O) groups is 1. The highest BCUT2D eigenvalue weighted by molar-refractivity contribution is 5.83. The summed E-state index contributed by atoms with van der Waals surface area (Å²) in [4.78, 5) is 12.9. The van der Waals surface area contributed by atoms with Crippen molar-refractivity contribution in [2.24, 2.45) is 0 Å². The molecule has 3 aromatic rings. The zero-order valence-corrected chi connectivity index (χ0v) is 20.7. The van der Waals surface area contributed by atoms with E-state index in [0.717, 1.165) is 12.1 Å². The third kappa shape index (κ3) is 6.40. The second-order valence-electron chi connectivity index (χ2n) is 8.38. The predicted molar refractivity (Wildman–Crippen MR) is 133 cm³/mol. The van der Waals surface area contributed by atoms with Gasteiger partial charge in [0.15, 0.2) is 11.5 Å². The van der Waals surface area contributed by atoms with Gasteiger partial charge in [-0.1, -0.05) is 48.5 Å². The SMILES string of the molecule is CNC(=O)C(NC(C#N)(CCc1ccc(C(F)(F)F)cc1)c1ccc(OC)c(OC)c1)c1ccccc1. The smallest absolute Gasteiger partial charge is 0.416 e. The number of amides is 1. The van der Waals surface area contributed by atoms with Gasteiger partial charge in [-0.25, -0.2) is 0 Å². The van der Waals surface area contributed by atoms with Crippen LogP contribution in [0.15, 0.2) is 72.8 Å². The van der Waals surface area contributed by atoms with Gasteiger partial charge in [-0.2, -0.15) is 18.4 Å². The third-order valence-electron chi connectivity index (χ3n) is 6.17. The molecule has 0 aliphatic rings. The summed E-state index contributed by atoms with van der Waals surface area (Å²) in [6, 6.07) is 20.3. The Kier molecular flexibility index (Phi) is 8.79. The van der Waals surface area contributed by atoms with Crippen molar-refractivity contribution in [1.82, 2.24) is 10.6 Å². The number of likely N-dealkylation sites (N-methyl/N-ethyl adjacent to an activating group) is 1. The van der Waals surface area contributed by atoms with Gasteiger partial charge in [0.25, 0.3) is 0 Å². The van der Waals surface area contributed by atoms with Gasteiger partial charge >= 0.3 is 6.18 Å². The van der Waals surface area contributed by atoms with E-state index in [0.29, 0.717) is 28.2 Å². The highest BCUT2D eigenvalue weighted by atomic mass is 19.4. The van der Waals surface area contributed by atoms with Gasteiger partial charge in [0, 0.05) is 7.05 Å². The Labute approximate surface area is 214 Å². The van der Waals surface area contributed by atoms with Crippen molar-refractivity contribution >= 4 is 5.91 Å². The molecule has 2 unspecified atom stereocenters. The highest BCUT2D eigenvalue weighted by Crippen LogP contribution is 2.36. The number of alkyl halides is 3. The van der Waals surface area contributed by atoms with Crippen LogP contribution in [0.2, 0.25) is 0 Å². The van der Waals surface area contributed by atoms with Gasteiger partial charge in [0.1, 0.15) is 11.6 Å². The first-order chi connectivity index (χ1) is 17.7. The first kappa shape index (κ1) is 27.6. The molecule has 0 aromatic heterocycles. The lowest BCUT2D eigenvalue weighted by Crippen LogP contribution is -2.48. The number of benzene rings is 3. The van der Waals surface area contributed by atoms with Crippen LogP contribution in [0, 0.1) is 11.3 Å². The monoisotopic (exact) mass is 511 g/mol. The fourth-order valence-electron chi connectivity index (χ4n) is 4.08. The number of ether oxygens (including phenoxy) is 2. The Morgan fingerprint density at radius 3 is 2.11 bits per heavy atom.